The summed E-state index contributed by atoms with van der Waals surface area (Å²) in [6.45, 7) is 4.36. The number of benzene rings is 1. The van der Waals surface area contributed by atoms with Crippen molar-refractivity contribution in [2.75, 3.05) is 12.4 Å². The fourth-order valence-corrected chi connectivity index (χ4v) is 2.02. The van der Waals surface area contributed by atoms with Crippen molar-refractivity contribution in [1.82, 2.24) is 0 Å². The third-order valence-corrected chi connectivity index (χ3v) is 3.70. The first-order valence-corrected chi connectivity index (χ1v) is 6.61. The average Bonchev–Trinajstić information content (AvgIpc) is 2.34. The van der Waals surface area contributed by atoms with Crippen LogP contribution >= 0.6 is 11.8 Å². The maximum absolute atomic E-state index is 9.31. The number of hydrogen-bond acceptors (Lipinski definition) is 4. The number of nitriles is 1. The van der Waals surface area contributed by atoms with Gasteiger partial charge in [-0.1, -0.05) is 13.0 Å². The molecule has 0 aromatic heterocycles. The van der Waals surface area contributed by atoms with Crippen molar-refractivity contribution in [2.45, 2.75) is 25.2 Å². The molecule has 0 aliphatic carbocycles. The lowest BCUT2D eigenvalue weighted by atomic mass is 10.2. The quantitative estimate of drug-likeness (QED) is 0.789. The van der Waals surface area contributed by atoms with E-state index in [4.69, 9.17) is 10.00 Å². The highest BCUT2D eigenvalue weighted by Gasteiger charge is 2.08. The van der Waals surface area contributed by atoms with Gasteiger partial charge in [-0.15, -0.1) is 0 Å². The Morgan fingerprint density at radius 1 is 1.47 bits per heavy atom. The Balaban J connectivity index is 2.29. The Labute approximate surface area is 106 Å². The van der Waals surface area contributed by atoms with Crippen LogP contribution < -0.4 is 4.74 Å². The van der Waals surface area contributed by atoms with E-state index in [1.807, 2.05) is 13.0 Å². The molecular formula is C13H17NO2S. The van der Waals surface area contributed by atoms with Crippen LogP contribution in [-0.2, 0) is 0 Å². The van der Waals surface area contributed by atoms with Gasteiger partial charge in [-0.25, -0.2) is 0 Å². The normalized spacial score (nSPS) is 13.8. The Morgan fingerprint density at radius 3 is 2.88 bits per heavy atom. The van der Waals surface area contributed by atoms with Crippen molar-refractivity contribution in [1.29, 1.82) is 5.26 Å². The minimum absolute atomic E-state index is 0.212. The second-order valence-corrected chi connectivity index (χ2v) is 5.29. The van der Waals surface area contributed by atoms with Crippen molar-refractivity contribution >= 4 is 11.8 Å². The SMILES string of the molecule is C[C@H](O)[C@H](C)SCCOc1cccc(C#N)c1. The summed E-state index contributed by atoms with van der Waals surface area (Å²) in [4.78, 5) is 0. The van der Waals surface area contributed by atoms with E-state index in [9.17, 15) is 5.11 Å². The highest BCUT2D eigenvalue weighted by Crippen LogP contribution is 2.16. The minimum Gasteiger partial charge on any atom is -0.493 e. The van der Waals surface area contributed by atoms with E-state index in [2.05, 4.69) is 6.07 Å². The van der Waals surface area contributed by atoms with Gasteiger partial charge in [0.05, 0.1) is 24.3 Å². The average molecular weight is 251 g/mol. The van der Waals surface area contributed by atoms with E-state index in [1.165, 1.54) is 0 Å². The van der Waals surface area contributed by atoms with Crippen LogP contribution in [0, 0.1) is 11.3 Å². The largest absolute Gasteiger partial charge is 0.493 e. The summed E-state index contributed by atoms with van der Waals surface area (Å²) in [6.07, 6.45) is -0.304. The smallest absolute Gasteiger partial charge is 0.120 e. The molecule has 0 aliphatic heterocycles. The molecular weight excluding hydrogens is 234 g/mol. The minimum atomic E-state index is -0.304. The van der Waals surface area contributed by atoms with Gasteiger partial charge >= 0.3 is 0 Å². The molecule has 4 heteroatoms. The number of aliphatic hydroxyl groups excluding tert-OH is 1. The van der Waals surface area contributed by atoms with Crippen LogP contribution in [-0.4, -0.2) is 28.8 Å². The topological polar surface area (TPSA) is 53.2 Å². The molecule has 0 saturated carbocycles. The highest BCUT2D eigenvalue weighted by atomic mass is 32.2. The molecule has 0 unspecified atom stereocenters. The maximum Gasteiger partial charge on any atom is 0.120 e. The number of hydrogen-bond donors (Lipinski definition) is 1. The lowest BCUT2D eigenvalue weighted by molar-refractivity contribution is 0.196. The first kappa shape index (κ1) is 13.9. The van der Waals surface area contributed by atoms with Gasteiger partial charge in [0.2, 0.25) is 0 Å². The zero-order chi connectivity index (χ0) is 12.7. The Kier molecular flexibility index (Phi) is 5.88. The van der Waals surface area contributed by atoms with Crippen LogP contribution in [0.25, 0.3) is 0 Å². The van der Waals surface area contributed by atoms with Crippen molar-refractivity contribution in [2.24, 2.45) is 0 Å². The van der Waals surface area contributed by atoms with Gasteiger partial charge in [0, 0.05) is 11.0 Å². The summed E-state index contributed by atoms with van der Waals surface area (Å²) in [5.41, 5.74) is 0.604. The molecule has 0 amide bonds. The second kappa shape index (κ2) is 7.21. The highest BCUT2D eigenvalue weighted by molar-refractivity contribution is 7.99. The van der Waals surface area contributed by atoms with Crippen molar-refractivity contribution in [3.8, 4) is 11.8 Å². The molecule has 1 N–H and O–H groups in total. The molecule has 92 valence electrons. The summed E-state index contributed by atoms with van der Waals surface area (Å²) in [6, 6.07) is 9.19. The van der Waals surface area contributed by atoms with Gasteiger partial charge in [-0.3, -0.25) is 0 Å². The maximum atomic E-state index is 9.31. The van der Waals surface area contributed by atoms with Gasteiger partial charge in [0.15, 0.2) is 0 Å². The van der Waals surface area contributed by atoms with E-state index in [1.54, 1.807) is 36.9 Å². The first-order chi connectivity index (χ1) is 8.13. The standard InChI is InChI=1S/C13H17NO2S/c1-10(15)11(2)17-7-6-16-13-5-3-4-12(8-13)9-14/h3-5,8,10-11,15H,6-7H2,1-2H3/t10-,11-/m0/s1. The van der Waals surface area contributed by atoms with Crippen LogP contribution in [0.3, 0.4) is 0 Å². The van der Waals surface area contributed by atoms with Crippen LogP contribution in [0.5, 0.6) is 5.75 Å². The fraction of sp³-hybridized carbons (Fsp3) is 0.462. The summed E-state index contributed by atoms with van der Waals surface area (Å²) < 4.78 is 5.53. The third-order valence-electron chi connectivity index (χ3n) is 2.38. The molecule has 0 saturated heterocycles. The molecule has 0 heterocycles. The Bertz CT molecular complexity index is 387. The summed E-state index contributed by atoms with van der Waals surface area (Å²) >= 11 is 1.67. The number of ether oxygens (including phenoxy) is 1. The van der Waals surface area contributed by atoms with E-state index >= 15 is 0 Å². The second-order valence-electron chi connectivity index (χ2n) is 3.80. The summed E-state index contributed by atoms with van der Waals surface area (Å²) in [5.74, 6) is 1.54. The van der Waals surface area contributed by atoms with Crippen LogP contribution in [0.2, 0.25) is 0 Å². The van der Waals surface area contributed by atoms with E-state index in [0.717, 1.165) is 5.75 Å². The zero-order valence-electron chi connectivity index (χ0n) is 10.1. The monoisotopic (exact) mass is 251 g/mol. The van der Waals surface area contributed by atoms with Crippen LogP contribution in [0.15, 0.2) is 24.3 Å². The van der Waals surface area contributed by atoms with Gasteiger partial charge in [-0.2, -0.15) is 17.0 Å². The molecule has 1 aromatic carbocycles. The van der Waals surface area contributed by atoms with Crippen LogP contribution in [0.4, 0.5) is 0 Å². The third kappa shape index (κ3) is 5.12. The van der Waals surface area contributed by atoms with E-state index < -0.39 is 0 Å². The van der Waals surface area contributed by atoms with Crippen LogP contribution in [0.1, 0.15) is 19.4 Å². The zero-order valence-corrected chi connectivity index (χ0v) is 10.9. The van der Waals surface area contributed by atoms with E-state index in [-0.39, 0.29) is 11.4 Å². The molecule has 2 atom stereocenters. The number of rotatable bonds is 6. The fourth-order valence-electron chi connectivity index (χ4n) is 1.19. The predicted molar refractivity (Wildman–Crippen MR) is 70.3 cm³/mol. The number of thioether (sulfide) groups is 1. The predicted octanol–water partition coefficient (Wildman–Crippen LogP) is 2.44. The molecule has 1 aromatic rings. The molecule has 0 fully saturated rings. The number of aliphatic hydroxyl groups is 1. The molecule has 1 rings (SSSR count). The molecule has 17 heavy (non-hydrogen) atoms. The molecule has 0 bridgehead atoms. The van der Waals surface area contributed by atoms with E-state index in [0.29, 0.717) is 17.9 Å². The first-order valence-electron chi connectivity index (χ1n) is 5.56. The number of nitrogens with zero attached hydrogens (tertiary/aromatic N) is 1. The molecule has 0 spiro atoms. The molecule has 0 aliphatic rings. The summed E-state index contributed by atoms with van der Waals surface area (Å²) in [7, 11) is 0. The lowest BCUT2D eigenvalue weighted by Gasteiger charge is -2.14. The van der Waals surface area contributed by atoms with Gasteiger partial charge in [-0.05, 0) is 25.1 Å². The van der Waals surface area contributed by atoms with Crippen molar-refractivity contribution in [3.63, 3.8) is 0 Å². The van der Waals surface area contributed by atoms with Crippen molar-refractivity contribution < 1.29 is 9.84 Å². The molecule has 3 nitrogen and oxygen atoms in total. The lowest BCUT2D eigenvalue weighted by Crippen LogP contribution is -2.17. The Hall–Kier alpha value is -1.18. The Morgan fingerprint density at radius 2 is 2.24 bits per heavy atom. The van der Waals surface area contributed by atoms with Gasteiger partial charge in [0.1, 0.15) is 5.75 Å². The molecule has 0 radical (unpaired) electrons. The van der Waals surface area contributed by atoms with Gasteiger partial charge < -0.3 is 9.84 Å². The summed E-state index contributed by atoms with van der Waals surface area (Å²) in [5, 5.41) is 18.2. The van der Waals surface area contributed by atoms with Crippen molar-refractivity contribution in [3.05, 3.63) is 29.8 Å². The van der Waals surface area contributed by atoms with Gasteiger partial charge in [0.25, 0.3) is 0 Å².